The van der Waals surface area contributed by atoms with E-state index in [2.05, 4.69) is 26.4 Å². The van der Waals surface area contributed by atoms with Crippen molar-refractivity contribution in [2.45, 2.75) is 25.9 Å². The second-order valence-electron chi connectivity index (χ2n) is 5.39. The molecule has 1 aromatic carbocycles. The predicted molar refractivity (Wildman–Crippen MR) is 81.8 cm³/mol. The summed E-state index contributed by atoms with van der Waals surface area (Å²) < 4.78 is 5.99. The number of carbonyl (C=O) groups is 2. The van der Waals surface area contributed by atoms with Crippen LogP contribution in [0.4, 0.5) is 4.79 Å². The molecule has 1 unspecified atom stereocenters. The van der Waals surface area contributed by atoms with E-state index in [1.807, 2.05) is 24.3 Å². The zero-order valence-corrected chi connectivity index (χ0v) is 13.7. The molecule has 3 rings (SSSR count). The van der Waals surface area contributed by atoms with Crippen LogP contribution in [0.1, 0.15) is 23.9 Å². The molecule has 1 aromatic heterocycles. The first-order chi connectivity index (χ1) is 10.4. The van der Waals surface area contributed by atoms with E-state index in [9.17, 15) is 9.59 Å². The second kappa shape index (κ2) is 5.24. The first-order valence-corrected chi connectivity index (χ1v) is 7.52. The fraction of sp³-hybridized carbons (Fsp3) is 0.267. The molecule has 3 amide bonds. The number of aryl methyl sites for hydroxylation is 1. The molecular formula is C15H14BrN3O3. The molecule has 1 fully saturated rings. The van der Waals surface area contributed by atoms with Crippen LogP contribution in [-0.2, 0) is 16.9 Å². The van der Waals surface area contributed by atoms with Gasteiger partial charge < -0.3 is 9.84 Å². The number of hydrogen-bond donors (Lipinski definition) is 1. The van der Waals surface area contributed by atoms with Crippen molar-refractivity contribution >= 4 is 27.9 Å². The molecule has 1 aliphatic rings. The molecule has 0 radical (unpaired) electrons. The summed E-state index contributed by atoms with van der Waals surface area (Å²) in [6.07, 6.45) is 0. The molecule has 6 nitrogen and oxygen atoms in total. The van der Waals surface area contributed by atoms with Gasteiger partial charge in [0.05, 0.1) is 12.2 Å². The van der Waals surface area contributed by atoms with Gasteiger partial charge in [-0.25, -0.2) is 4.79 Å². The monoisotopic (exact) mass is 363 g/mol. The van der Waals surface area contributed by atoms with Crippen molar-refractivity contribution in [3.63, 3.8) is 0 Å². The summed E-state index contributed by atoms with van der Waals surface area (Å²) in [5, 5.41) is 6.52. The molecule has 1 atom stereocenters. The number of rotatable bonds is 3. The molecule has 0 bridgehead atoms. The Morgan fingerprint density at radius 1 is 1.32 bits per heavy atom. The van der Waals surface area contributed by atoms with Crippen molar-refractivity contribution in [1.29, 1.82) is 0 Å². The van der Waals surface area contributed by atoms with Crippen LogP contribution < -0.4 is 5.32 Å². The lowest BCUT2D eigenvalue weighted by molar-refractivity contribution is -0.131. The zero-order chi connectivity index (χ0) is 15.9. The second-order valence-corrected chi connectivity index (χ2v) is 6.30. The van der Waals surface area contributed by atoms with Gasteiger partial charge in [-0.2, -0.15) is 0 Å². The fourth-order valence-electron chi connectivity index (χ4n) is 2.47. The van der Waals surface area contributed by atoms with Crippen LogP contribution in [-0.4, -0.2) is 22.0 Å². The Labute approximate surface area is 135 Å². The van der Waals surface area contributed by atoms with Crippen LogP contribution in [0.3, 0.4) is 0 Å². The highest BCUT2D eigenvalue weighted by atomic mass is 79.9. The minimum atomic E-state index is -1.08. The largest absolute Gasteiger partial charge is 0.359 e. The average Bonchev–Trinajstić information content (AvgIpc) is 2.97. The SMILES string of the molecule is Cc1cc(CN2C(=O)NC(C)(c3ccc(Br)cc3)C2=O)on1. The van der Waals surface area contributed by atoms with Crippen molar-refractivity contribution < 1.29 is 14.1 Å². The van der Waals surface area contributed by atoms with Crippen LogP contribution in [0, 0.1) is 6.92 Å². The highest BCUT2D eigenvalue weighted by molar-refractivity contribution is 9.10. The molecule has 1 N–H and O–H groups in total. The number of imide groups is 1. The molecule has 0 spiro atoms. The van der Waals surface area contributed by atoms with E-state index in [0.717, 1.165) is 14.9 Å². The smallest absolute Gasteiger partial charge is 0.325 e. The summed E-state index contributed by atoms with van der Waals surface area (Å²) in [7, 11) is 0. The third-order valence-corrected chi connectivity index (χ3v) is 4.22. The number of benzene rings is 1. The van der Waals surface area contributed by atoms with E-state index in [4.69, 9.17) is 4.52 Å². The van der Waals surface area contributed by atoms with Gasteiger partial charge in [0.2, 0.25) is 0 Å². The van der Waals surface area contributed by atoms with Crippen molar-refractivity contribution in [2.24, 2.45) is 0 Å². The Morgan fingerprint density at radius 2 is 2.00 bits per heavy atom. The number of hydrogen-bond acceptors (Lipinski definition) is 4. The number of carbonyl (C=O) groups excluding carboxylic acids is 2. The minimum absolute atomic E-state index is 0.0671. The van der Waals surface area contributed by atoms with Crippen molar-refractivity contribution in [2.75, 3.05) is 0 Å². The highest BCUT2D eigenvalue weighted by Crippen LogP contribution is 2.30. The van der Waals surface area contributed by atoms with Gasteiger partial charge in [0, 0.05) is 10.5 Å². The van der Waals surface area contributed by atoms with Crippen molar-refractivity contribution in [3.05, 3.63) is 51.8 Å². The van der Waals surface area contributed by atoms with Gasteiger partial charge in [-0.05, 0) is 31.5 Å². The lowest BCUT2D eigenvalue weighted by Crippen LogP contribution is -2.40. The Balaban J connectivity index is 1.88. The van der Waals surface area contributed by atoms with Crippen LogP contribution in [0.2, 0.25) is 0 Å². The van der Waals surface area contributed by atoms with Gasteiger partial charge in [-0.3, -0.25) is 9.69 Å². The summed E-state index contributed by atoms with van der Waals surface area (Å²) in [5.74, 6) is 0.162. The normalized spacial score (nSPS) is 21.3. The predicted octanol–water partition coefficient (Wildman–Crippen LogP) is 2.71. The average molecular weight is 364 g/mol. The molecule has 2 aromatic rings. The number of halogens is 1. The molecule has 22 heavy (non-hydrogen) atoms. The van der Waals surface area contributed by atoms with Gasteiger partial charge >= 0.3 is 6.03 Å². The lowest BCUT2D eigenvalue weighted by Gasteiger charge is -2.22. The van der Waals surface area contributed by atoms with Gasteiger partial charge in [0.15, 0.2) is 5.76 Å². The van der Waals surface area contributed by atoms with Crippen LogP contribution in [0.15, 0.2) is 39.3 Å². The minimum Gasteiger partial charge on any atom is -0.359 e. The van der Waals surface area contributed by atoms with E-state index >= 15 is 0 Å². The van der Waals surface area contributed by atoms with E-state index < -0.39 is 11.6 Å². The molecular weight excluding hydrogens is 350 g/mol. The Hall–Kier alpha value is -2.15. The van der Waals surface area contributed by atoms with E-state index in [-0.39, 0.29) is 12.5 Å². The van der Waals surface area contributed by atoms with Gasteiger partial charge in [-0.15, -0.1) is 0 Å². The number of aromatic nitrogens is 1. The van der Waals surface area contributed by atoms with Crippen molar-refractivity contribution in [1.82, 2.24) is 15.4 Å². The molecule has 2 heterocycles. The highest BCUT2D eigenvalue weighted by Gasteiger charge is 2.49. The molecule has 114 valence electrons. The van der Waals surface area contributed by atoms with E-state index in [1.54, 1.807) is 19.9 Å². The van der Waals surface area contributed by atoms with Gasteiger partial charge in [0.25, 0.3) is 5.91 Å². The fourth-order valence-corrected chi connectivity index (χ4v) is 2.73. The Morgan fingerprint density at radius 3 is 2.59 bits per heavy atom. The Bertz CT molecular complexity index is 741. The summed E-state index contributed by atoms with van der Waals surface area (Å²) >= 11 is 3.36. The number of amides is 3. The maximum Gasteiger partial charge on any atom is 0.325 e. The van der Waals surface area contributed by atoms with Gasteiger partial charge in [-0.1, -0.05) is 33.2 Å². The molecule has 1 aliphatic heterocycles. The number of urea groups is 1. The number of nitrogens with zero attached hydrogens (tertiary/aromatic N) is 2. The first-order valence-electron chi connectivity index (χ1n) is 6.72. The first kappa shape index (κ1) is 14.8. The summed E-state index contributed by atoms with van der Waals surface area (Å²) in [6, 6.07) is 8.56. The topological polar surface area (TPSA) is 75.4 Å². The van der Waals surface area contributed by atoms with Crippen LogP contribution >= 0.6 is 15.9 Å². The molecule has 0 aliphatic carbocycles. The van der Waals surface area contributed by atoms with Gasteiger partial charge in [0.1, 0.15) is 5.54 Å². The Kier molecular flexibility index (Phi) is 3.52. The summed E-state index contributed by atoms with van der Waals surface area (Å²) in [6.45, 7) is 3.55. The van der Waals surface area contributed by atoms with E-state index in [1.165, 1.54) is 0 Å². The van der Waals surface area contributed by atoms with E-state index in [0.29, 0.717) is 11.5 Å². The molecule has 0 saturated carbocycles. The van der Waals surface area contributed by atoms with Crippen LogP contribution in [0.5, 0.6) is 0 Å². The number of nitrogens with one attached hydrogen (secondary N) is 1. The lowest BCUT2D eigenvalue weighted by atomic mass is 9.92. The maximum atomic E-state index is 12.7. The standard InChI is InChI=1S/C15H14BrN3O3/c1-9-7-12(22-18-9)8-19-13(20)15(2,17-14(19)21)10-3-5-11(16)6-4-10/h3-7H,8H2,1-2H3,(H,17,21). The molecule has 1 saturated heterocycles. The summed E-state index contributed by atoms with van der Waals surface area (Å²) in [5.41, 5.74) is 0.357. The van der Waals surface area contributed by atoms with Crippen molar-refractivity contribution in [3.8, 4) is 0 Å². The third kappa shape index (κ3) is 2.41. The maximum absolute atomic E-state index is 12.7. The third-order valence-electron chi connectivity index (χ3n) is 3.69. The molecule has 7 heteroatoms. The zero-order valence-electron chi connectivity index (χ0n) is 12.1. The van der Waals surface area contributed by atoms with Crippen LogP contribution in [0.25, 0.3) is 0 Å². The summed E-state index contributed by atoms with van der Waals surface area (Å²) in [4.78, 5) is 26.0. The quantitative estimate of drug-likeness (QED) is 0.850.